The zero-order chi connectivity index (χ0) is 20.8. The Kier molecular flexibility index (Phi) is 6.02. The highest BCUT2D eigenvalue weighted by atomic mass is 35.5. The molecule has 4 rings (SSSR count). The Morgan fingerprint density at radius 3 is 2.50 bits per heavy atom. The number of likely N-dealkylation sites (tertiary alicyclic amines) is 1. The van der Waals surface area contributed by atoms with Crippen molar-refractivity contribution < 1.29 is 22.7 Å². The van der Waals surface area contributed by atoms with E-state index in [1.54, 1.807) is 18.1 Å². The average molecular weight is 442 g/mol. The number of nitrogens with one attached hydrogen (secondary N) is 1. The molecule has 3 heterocycles. The summed E-state index contributed by atoms with van der Waals surface area (Å²) in [6.45, 7) is 0.728. The molecule has 9 heteroatoms. The SMILES string of the molecule is COc1cnc([C@@H]2CC[C@@]3(CCN(C)C3=O)N2)cc1-c1ccc(C(F)(F)F)cc1.Cl. The number of hydrogen-bond acceptors (Lipinski definition) is 4. The van der Waals surface area contributed by atoms with Crippen LogP contribution in [0, 0.1) is 0 Å². The van der Waals surface area contributed by atoms with Gasteiger partial charge in [-0.1, -0.05) is 12.1 Å². The smallest absolute Gasteiger partial charge is 0.416 e. The lowest BCUT2D eigenvalue weighted by molar-refractivity contribution is -0.137. The first kappa shape index (κ1) is 22.4. The number of carbonyl (C=O) groups is 1. The first-order valence-electron chi connectivity index (χ1n) is 9.48. The first-order chi connectivity index (χ1) is 13.7. The maximum absolute atomic E-state index is 12.9. The fourth-order valence-corrected chi connectivity index (χ4v) is 4.27. The van der Waals surface area contributed by atoms with E-state index in [1.807, 2.05) is 6.07 Å². The van der Waals surface area contributed by atoms with Crippen LogP contribution in [0.4, 0.5) is 13.2 Å². The van der Waals surface area contributed by atoms with Gasteiger partial charge in [0, 0.05) is 19.2 Å². The molecule has 2 aromatic rings. The van der Waals surface area contributed by atoms with Gasteiger partial charge in [-0.2, -0.15) is 13.2 Å². The number of carbonyl (C=O) groups excluding carboxylic acids is 1. The van der Waals surface area contributed by atoms with E-state index in [9.17, 15) is 18.0 Å². The molecule has 2 fully saturated rings. The van der Waals surface area contributed by atoms with E-state index < -0.39 is 17.3 Å². The molecule has 1 spiro atoms. The van der Waals surface area contributed by atoms with Gasteiger partial charge in [-0.05, 0) is 43.0 Å². The number of nitrogens with zero attached hydrogens (tertiary/aromatic N) is 2. The van der Waals surface area contributed by atoms with Gasteiger partial charge in [-0.3, -0.25) is 15.1 Å². The van der Waals surface area contributed by atoms with Gasteiger partial charge in [0.1, 0.15) is 11.3 Å². The summed E-state index contributed by atoms with van der Waals surface area (Å²) >= 11 is 0. The minimum Gasteiger partial charge on any atom is -0.494 e. The molecule has 0 aliphatic carbocycles. The Hall–Kier alpha value is -2.32. The number of aromatic nitrogens is 1. The molecule has 0 bridgehead atoms. The van der Waals surface area contributed by atoms with Crippen LogP contribution in [0.25, 0.3) is 11.1 Å². The molecule has 30 heavy (non-hydrogen) atoms. The number of alkyl halides is 3. The number of rotatable bonds is 3. The molecule has 1 N–H and O–H groups in total. The minimum absolute atomic E-state index is 0. The number of halogens is 4. The molecule has 5 nitrogen and oxygen atoms in total. The molecule has 162 valence electrons. The Balaban J connectivity index is 0.00000256. The van der Waals surface area contributed by atoms with Gasteiger partial charge in [-0.25, -0.2) is 0 Å². The number of benzene rings is 1. The summed E-state index contributed by atoms with van der Waals surface area (Å²) in [5, 5.41) is 3.46. The van der Waals surface area contributed by atoms with Crippen LogP contribution in [0.5, 0.6) is 5.75 Å². The zero-order valence-electron chi connectivity index (χ0n) is 16.6. The van der Waals surface area contributed by atoms with Crippen LogP contribution in [0.15, 0.2) is 36.5 Å². The van der Waals surface area contributed by atoms with Crippen molar-refractivity contribution in [2.45, 2.75) is 37.0 Å². The first-order valence-corrected chi connectivity index (χ1v) is 9.48. The number of pyridine rings is 1. The van der Waals surface area contributed by atoms with Crippen LogP contribution in [0.1, 0.15) is 36.6 Å². The Morgan fingerprint density at radius 2 is 1.93 bits per heavy atom. The van der Waals surface area contributed by atoms with Gasteiger partial charge in [0.15, 0.2) is 0 Å². The number of likely N-dealkylation sites (N-methyl/N-ethyl adjacent to an activating group) is 1. The lowest BCUT2D eigenvalue weighted by Gasteiger charge is -2.23. The fourth-order valence-electron chi connectivity index (χ4n) is 4.27. The minimum atomic E-state index is -4.38. The second-order valence-corrected chi connectivity index (χ2v) is 7.68. The molecule has 0 saturated carbocycles. The Labute approximate surface area is 179 Å². The van der Waals surface area contributed by atoms with E-state index in [1.165, 1.54) is 19.2 Å². The van der Waals surface area contributed by atoms with Gasteiger partial charge in [0.2, 0.25) is 5.91 Å². The van der Waals surface area contributed by atoms with Crippen LogP contribution in [-0.4, -0.2) is 42.0 Å². The predicted molar refractivity (Wildman–Crippen MR) is 109 cm³/mol. The third kappa shape index (κ3) is 3.86. The molecule has 2 aliphatic heterocycles. The third-order valence-corrected chi connectivity index (χ3v) is 5.93. The topological polar surface area (TPSA) is 54.5 Å². The summed E-state index contributed by atoms with van der Waals surface area (Å²) in [5.74, 6) is 0.592. The summed E-state index contributed by atoms with van der Waals surface area (Å²) in [6, 6.07) is 6.73. The molecule has 2 saturated heterocycles. The molecule has 2 aliphatic rings. The van der Waals surface area contributed by atoms with Crippen LogP contribution < -0.4 is 10.1 Å². The molecule has 0 unspecified atom stereocenters. The van der Waals surface area contributed by atoms with Crippen molar-refractivity contribution in [2.75, 3.05) is 20.7 Å². The summed E-state index contributed by atoms with van der Waals surface area (Å²) in [5.41, 5.74) is 0.805. The second-order valence-electron chi connectivity index (χ2n) is 7.68. The molecule has 1 aromatic carbocycles. The van der Waals surface area contributed by atoms with Crippen LogP contribution >= 0.6 is 12.4 Å². The number of hydrogen-bond donors (Lipinski definition) is 1. The summed E-state index contributed by atoms with van der Waals surface area (Å²) in [6.07, 6.45) is -0.525. The van der Waals surface area contributed by atoms with E-state index in [-0.39, 0.29) is 24.4 Å². The van der Waals surface area contributed by atoms with Crippen molar-refractivity contribution in [1.29, 1.82) is 0 Å². The molecule has 0 radical (unpaired) electrons. The van der Waals surface area contributed by atoms with Crippen molar-refractivity contribution in [3.8, 4) is 16.9 Å². The largest absolute Gasteiger partial charge is 0.494 e. The van der Waals surface area contributed by atoms with Gasteiger partial charge < -0.3 is 9.64 Å². The molecule has 1 amide bonds. The van der Waals surface area contributed by atoms with E-state index in [0.717, 1.165) is 43.6 Å². The second kappa shape index (κ2) is 8.07. The number of amides is 1. The fraction of sp³-hybridized carbons (Fsp3) is 0.429. The van der Waals surface area contributed by atoms with Gasteiger partial charge in [-0.15, -0.1) is 12.4 Å². The summed E-state index contributed by atoms with van der Waals surface area (Å²) in [7, 11) is 3.31. The summed E-state index contributed by atoms with van der Waals surface area (Å²) in [4.78, 5) is 18.8. The molecular weight excluding hydrogens is 419 g/mol. The molecular formula is C21H23ClF3N3O2. The highest BCUT2D eigenvalue weighted by molar-refractivity contribution is 5.88. The van der Waals surface area contributed by atoms with Crippen molar-refractivity contribution in [3.05, 3.63) is 47.8 Å². The highest BCUT2D eigenvalue weighted by Gasteiger charge is 2.50. The molecule has 1 aromatic heterocycles. The van der Waals surface area contributed by atoms with Gasteiger partial charge in [0.25, 0.3) is 0 Å². The van der Waals surface area contributed by atoms with E-state index >= 15 is 0 Å². The van der Waals surface area contributed by atoms with E-state index in [4.69, 9.17) is 4.74 Å². The number of ether oxygens (including phenoxy) is 1. The van der Waals surface area contributed by atoms with Gasteiger partial charge in [0.05, 0.1) is 30.6 Å². The number of methoxy groups -OCH3 is 1. The normalized spacial score (nSPS) is 23.7. The average Bonchev–Trinajstić information content (AvgIpc) is 3.27. The lowest BCUT2D eigenvalue weighted by atomic mass is 9.96. The quantitative estimate of drug-likeness (QED) is 0.774. The standard InChI is InChI=1S/C21H22F3N3O2.ClH/c1-27-10-9-20(19(27)28)8-7-16(26-20)17-11-15(18(29-2)12-25-17)13-3-5-14(6-4-13)21(22,23)24;/h3-6,11-12,16,26H,7-10H2,1-2H3;1H/t16-,20-;/m0./s1. The predicted octanol–water partition coefficient (Wildman–Crippen LogP) is 4.22. The highest BCUT2D eigenvalue weighted by Crippen LogP contribution is 2.40. The van der Waals surface area contributed by atoms with E-state index in [2.05, 4.69) is 10.3 Å². The van der Waals surface area contributed by atoms with Crippen molar-refractivity contribution in [1.82, 2.24) is 15.2 Å². The van der Waals surface area contributed by atoms with Crippen LogP contribution in [0.3, 0.4) is 0 Å². The van der Waals surface area contributed by atoms with Crippen LogP contribution in [-0.2, 0) is 11.0 Å². The Morgan fingerprint density at radius 1 is 1.23 bits per heavy atom. The van der Waals surface area contributed by atoms with Crippen molar-refractivity contribution in [2.24, 2.45) is 0 Å². The Bertz CT molecular complexity index is 936. The van der Waals surface area contributed by atoms with Crippen molar-refractivity contribution in [3.63, 3.8) is 0 Å². The maximum atomic E-state index is 12.9. The monoisotopic (exact) mass is 441 g/mol. The van der Waals surface area contributed by atoms with Crippen LogP contribution in [0.2, 0.25) is 0 Å². The lowest BCUT2D eigenvalue weighted by Crippen LogP contribution is -2.47. The van der Waals surface area contributed by atoms with Gasteiger partial charge >= 0.3 is 6.18 Å². The zero-order valence-corrected chi connectivity index (χ0v) is 17.4. The third-order valence-electron chi connectivity index (χ3n) is 5.93. The maximum Gasteiger partial charge on any atom is 0.416 e. The van der Waals surface area contributed by atoms with Crippen molar-refractivity contribution >= 4 is 18.3 Å². The summed E-state index contributed by atoms with van der Waals surface area (Å²) < 4.78 is 44.0. The molecule has 2 atom stereocenters. The van der Waals surface area contributed by atoms with E-state index in [0.29, 0.717) is 16.9 Å².